The molecule has 1 N–H and O–H groups in total. The first-order chi connectivity index (χ1) is 10.2. The Kier molecular flexibility index (Phi) is 2.42. The predicted octanol–water partition coefficient (Wildman–Crippen LogP) is 2.81. The fourth-order valence-electron chi connectivity index (χ4n) is 3.04. The first-order valence-electron chi connectivity index (χ1n) is 6.86. The fourth-order valence-corrected chi connectivity index (χ4v) is 3.04. The standard InChI is InChI=1S/C17H14N2O2/c1-9-3-4-12-13-7-10-6-11(21-2)8-18-15(10)16(13)19-17(20)14(12)5-9/h3-6,8H,7H2,1-2H3,(H,19,20). The minimum absolute atomic E-state index is 0.0575. The van der Waals surface area contributed by atoms with Crippen molar-refractivity contribution in [2.24, 2.45) is 0 Å². The lowest BCUT2D eigenvalue weighted by atomic mass is 10.0. The summed E-state index contributed by atoms with van der Waals surface area (Å²) in [6.07, 6.45) is 2.46. The molecule has 0 bridgehead atoms. The van der Waals surface area contributed by atoms with E-state index in [4.69, 9.17) is 4.74 Å². The van der Waals surface area contributed by atoms with Gasteiger partial charge in [0.1, 0.15) is 5.75 Å². The maximum Gasteiger partial charge on any atom is 0.256 e. The molecule has 1 aliphatic rings. The molecule has 3 aromatic rings. The number of hydrogen-bond donors (Lipinski definition) is 1. The molecule has 0 aliphatic heterocycles. The molecule has 0 saturated carbocycles. The van der Waals surface area contributed by atoms with E-state index in [-0.39, 0.29) is 5.56 Å². The number of aromatic amines is 1. The van der Waals surface area contributed by atoms with Crippen molar-refractivity contribution >= 4 is 10.8 Å². The van der Waals surface area contributed by atoms with Gasteiger partial charge >= 0.3 is 0 Å². The molecule has 104 valence electrons. The van der Waals surface area contributed by atoms with E-state index in [0.717, 1.165) is 51.0 Å². The number of nitrogens with zero attached hydrogens (tertiary/aromatic N) is 1. The predicted molar refractivity (Wildman–Crippen MR) is 81.9 cm³/mol. The van der Waals surface area contributed by atoms with E-state index in [2.05, 4.69) is 9.97 Å². The normalized spacial score (nSPS) is 12.3. The minimum Gasteiger partial charge on any atom is -0.495 e. The molecule has 4 heteroatoms. The molecule has 0 atom stereocenters. The number of pyridine rings is 2. The number of aryl methyl sites for hydroxylation is 1. The molecule has 0 fully saturated rings. The minimum atomic E-state index is -0.0575. The topological polar surface area (TPSA) is 55.0 Å². The summed E-state index contributed by atoms with van der Waals surface area (Å²) in [5.74, 6) is 0.740. The highest BCUT2D eigenvalue weighted by Crippen LogP contribution is 2.37. The van der Waals surface area contributed by atoms with Crippen LogP contribution in [0.2, 0.25) is 0 Å². The summed E-state index contributed by atoms with van der Waals surface area (Å²) in [6.45, 7) is 1.99. The summed E-state index contributed by atoms with van der Waals surface area (Å²) in [5, 5.41) is 1.75. The Bertz CT molecular complexity index is 941. The highest BCUT2D eigenvalue weighted by Gasteiger charge is 2.24. The third kappa shape index (κ3) is 1.69. The smallest absolute Gasteiger partial charge is 0.256 e. The van der Waals surface area contributed by atoms with E-state index in [1.54, 1.807) is 13.3 Å². The highest BCUT2D eigenvalue weighted by molar-refractivity contribution is 5.92. The van der Waals surface area contributed by atoms with Gasteiger partial charge in [0.15, 0.2) is 0 Å². The summed E-state index contributed by atoms with van der Waals surface area (Å²) >= 11 is 0. The monoisotopic (exact) mass is 278 g/mol. The van der Waals surface area contributed by atoms with Crippen molar-refractivity contribution in [1.29, 1.82) is 0 Å². The summed E-state index contributed by atoms with van der Waals surface area (Å²) in [5.41, 5.74) is 4.95. The quantitative estimate of drug-likeness (QED) is 0.582. The van der Waals surface area contributed by atoms with Crippen molar-refractivity contribution < 1.29 is 4.74 Å². The number of rotatable bonds is 1. The van der Waals surface area contributed by atoms with Crippen LogP contribution in [0, 0.1) is 6.92 Å². The molecule has 0 unspecified atom stereocenters. The van der Waals surface area contributed by atoms with E-state index in [9.17, 15) is 4.79 Å². The van der Waals surface area contributed by atoms with Crippen LogP contribution < -0.4 is 10.3 Å². The van der Waals surface area contributed by atoms with E-state index >= 15 is 0 Å². The molecule has 2 heterocycles. The van der Waals surface area contributed by atoms with Crippen LogP contribution in [-0.2, 0) is 6.42 Å². The van der Waals surface area contributed by atoms with Crippen LogP contribution in [0.5, 0.6) is 5.75 Å². The van der Waals surface area contributed by atoms with Crippen LogP contribution in [0.1, 0.15) is 16.7 Å². The first-order valence-corrected chi connectivity index (χ1v) is 6.86. The number of fused-ring (bicyclic) bond motifs is 5. The van der Waals surface area contributed by atoms with Crippen LogP contribution in [0.4, 0.5) is 0 Å². The Balaban J connectivity index is 2.04. The van der Waals surface area contributed by atoms with Crippen LogP contribution in [0.3, 0.4) is 0 Å². The van der Waals surface area contributed by atoms with Crippen LogP contribution in [0.15, 0.2) is 35.3 Å². The van der Waals surface area contributed by atoms with Gasteiger partial charge in [0.25, 0.3) is 5.56 Å². The third-order valence-electron chi connectivity index (χ3n) is 4.07. The SMILES string of the molecule is COc1cnc2c(c1)Cc1c-2[nH]c(=O)c2cc(C)ccc12. The Morgan fingerprint density at radius 1 is 1.24 bits per heavy atom. The van der Waals surface area contributed by atoms with Crippen LogP contribution in [-0.4, -0.2) is 17.1 Å². The van der Waals surface area contributed by atoms with E-state index in [1.165, 1.54) is 0 Å². The number of ether oxygens (including phenoxy) is 1. The summed E-state index contributed by atoms with van der Waals surface area (Å²) in [4.78, 5) is 19.8. The number of hydrogen-bond acceptors (Lipinski definition) is 3. The van der Waals surface area contributed by atoms with E-state index in [0.29, 0.717) is 0 Å². The molecule has 1 aromatic carbocycles. The van der Waals surface area contributed by atoms with Gasteiger partial charge in [-0.15, -0.1) is 0 Å². The lowest BCUT2D eigenvalue weighted by Gasteiger charge is -2.05. The number of nitrogens with one attached hydrogen (secondary N) is 1. The Morgan fingerprint density at radius 2 is 2.10 bits per heavy atom. The first kappa shape index (κ1) is 12.1. The maximum absolute atomic E-state index is 12.3. The van der Waals surface area contributed by atoms with Gasteiger partial charge in [0.05, 0.1) is 24.7 Å². The van der Waals surface area contributed by atoms with Gasteiger partial charge in [-0.3, -0.25) is 9.78 Å². The van der Waals surface area contributed by atoms with E-state index < -0.39 is 0 Å². The summed E-state index contributed by atoms with van der Waals surface area (Å²) < 4.78 is 5.23. The van der Waals surface area contributed by atoms with Crippen LogP contribution >= 0.6 is 0 Å². The van der Waals surface area contributed by atoms with Crippen molar-refractivity contribution in [3.05, 3.63) is 57.5 Å². The fraction of sp³-hybridized carbons (Fsp3) is 0.176. The maximum atomic E-state index is 12.3. The largest absolute Gasteiger partial charge is 0.495 e. The van der Waals surface area contributed by atoms with Crippen molar-refractivity contribution in [1.82, 2.24) is 9.97 Å². The summed E-state index contributed by atoms with van der Waals surface area (Å²) in [7, 11) is 1.63. The molecular formula is C17H14N2O2. The molecule has 0 amide bonds. The second kappa shape index (κ2) is 4.19. The third-order valence-corrected chi connectivity index (χ3v) is 4.07. The molecule has 1 aliphatic carbocycles. The number of aromatic nitrogens is 2. The molecule has 2 aromatic heterocycles. The van der Waals surface area contributed by atoms with E-state index in [1.807, 2.05) is 31.2 Å². The van der Waals surface area contributed by atoms with Crippen molar-refractivity contribution in [3.8, 4) is 17.1 Å². The molecule has 0 radical (unpaired) electrons. The zero-order chi connectivity index (χ0) is 14.6. The Labute approximate surface area is 121 Å². The highest BCUT2D eigenvalue weighted by atomic mass is 16.5. The van der Waals surface area contributed by atoms with Gasteiger partial charge in [-0.2, -0.15) is 0 Å². The van der Waals surface area contributed by atoms with Gasteiger partial charge in [0, 0.05) is 11.8 Å². The van der Waals surface area contributed by atoms with Crippen molar-refractivity contribution in [3.63, 3.8) is 0 Å². The van der Waals surface area contributed by atoms with Crippen molar-refractivity contribution in [2.45, 2.75) is 13.3 Å². The van der Waals surface area contributed by atoms with Gasteiger partial charge in [-0.1, -0.05) is 17.7 Å². The van der Waals surface area contributed by atoms with Crippen LogP contribution in [0.25, 0.3) is 22.2 Å². The number of benzene rings is 1. The lowest BCUT2D eigenvalue weighted by Crippen LogP contribution is -2.09. The molecule has 0 saturated heterocycles. The Morgan fingerprint density at radius 3 is 2.90 bits per heavy atom. The lowest BCUT2D eigenvalue weighted by molar-refractivity contribution is 0.412. The number of methoxy groups -OCH3 is 1. The zero-order valence-electron chi connectivity index (χ0n) is 11.9. The van der Waals surface area contributed by atoms with Gasteiger partial charge in [-0.25, -0.2) is 0 Å². The number of H-pyrrole nitrogens is 1. The molecule has 0 spiro atoms. The van der Waals surface area contributed by atoms with Gasteiger partial charge in [0.2, 0.25) is 0 Å². The molecule has 4 nitrogen and oxygen atoms in total. The van der Waals surface area contributed by atoms with Gasteiger partial charge in [-0.05, 0) is 35.6 Å². The average Bonchev–Trinajstić information content (AvgIpc) is 2.85. The average molecular weight is 278 g/mol. The van der Waals surface area contributed by atoms with Gasteiger partial charge < -0.3 is 9.72 Å². The second-order valence-corrected chi connectivity index (χ2v) is 5.42. The Hall–Kier alpha value is -2.62. The molecular weight excluding hydrogens is 264 g/mol. The molecule has 21 heavy (non-hydrogen) atoms. The second-order valence-electron chi connectivity index (χ2n) is 5.42. The molecule has 4 rings (SSSR count). The zero-order valence-corrected chi connectivity index (χ0v) is 11.9. The summed E-state index contributed by atoms with van der Waals surface area (Å²) in [6, 6.07) is 7.99. The van der Waals surface area contributed by atoms with Crippen molar-refractivity contribution in [2.75, 3.05) is 7.11 Å².